The van der Waals surface area contributed by atoms with Crippen LogP contribution in [0.4, 0.5) is 5.95 Å². The van der Waals surface area contributed by atoms with E-state index in [2.05, 4.69) is 21.9 Å². The van der Waals surface area contributed by atoms with Gasteiger partial charge in [0.2, 0.25) is 5.95 Å². The maximum Gasteiger partial charge on any atom is 0.347 e. The van der Waals surface area contributed by atoms with E-state index >= 15 is 0 Å². The summed E-state index contributed by atoms with van der Waals surface area (Å²) in [7, 11) is 0. The van der Waals surface area contributed by atoms with E-state index in [1.807, 2.05) is 4.90 Å². The van der Waals surface area contributed by atoms with Gasteiger partial charge in [-0.15, -0.1) is 0 Å². The van der Waals surface area contributed by atoms with Gasteiger partial charge in [0.15, 0.2) is 5.65 Å². The summed E-state index contributed by atoms with van der Waals surface area (Å²) >= 11 is 0. The summed E-state index contributed by atoms with van der Waals surface area (Å²) in [4.78, 5) is 38.7. The Morgan fingerprint density at radius 1 is 1.37 bits per heavy atom. The molecule has 1 aliphatic rings. The Kier molecular flexibility index (Phi) is 4.18. The van der Waals surface area contributed by atoms with Crippen LogP contribution in [0, 0.1) is 12.8 Å². The topological polar surface area (TPSA) is 112 Å². The second-order valence-corrected chi connectivity index (χ2v) is 7.04. The third-order valence-electron chi connectivity index (χ3n) is 4.87. The van der Waals surface area contributed by atoms with E-state index in [0.29, 0.717) is 11.9 Å². The molecule has 0 spiro atoms. The predicted molar refractivity (Wildman–Crippen MR) is 101 cm³/mol. The number of nitrogens with zero attached hydrogens (tertiary/aromatic N) is 3. The van der Waals surface area contributed by atoms with Gasteiger partial charge < -0.3 is 14.4 Å². The summed E-state index contributed by atoms with van der Waals surface area (Å²) in [6.07, 6.45) is 3.65. The molecule has 0 unspecified atom stereocenters. The predicted octanol–water partition coefficient (Wildman–Crippen LogP) is 2.19. The number of piperidine rings is 1. The maximum absolute atomic E-state index is 12.8. The summed E-state index contributed by atoms with van der Waals surface area (Å²) < 4.78 is 5.09. The molecule has 0 saturated carbocycles. The fourth-order valence-electron chi connectivity index (χ4n) is 3.64. The van der Waals surface area contributed by atoms with E-state index in [9.17, 15) is 14.7 Å². The lowest BCUT2D eigenvalue weighted by Gasteiger charge is -2.31. The highest BCUT2D eigenvalue weighted by atomic mass is 16.4. The molecule has 2 N–H and O–H groups in total. The first-order valence-electron chi connectivity index (χ1n) is 8.92. The van der Waals surface area contributed by atoms with Gasteiger partial charge in [-0.3, -0.25) is 9.78 Å². The van der Waals surface area contributed by atoms with E-state index in [0.717, 1.165) is 25.9 Å². The fraction of sp³-hybridized carbons (Fsp3) is 0.368. The largest absolute Gasteiger partial charge is 0.507 e. The number of aromatic amines is 1. The number of hydrogen-bond acceptors (Lipinski definition) is 7. The zero-order valence-corrected chi connectivity index (χ0v) is 15.2. The zero-order valence-electron chi connectivity index (χ0n) is 15.2. The average molecular weight is 368 g/mol. The Balaban J connectivity index is 1.91. The first-order valence-corrected chi connectivity index (χ1v) is 8.92. The van der Waals surface area contributed by atoms with Crippen molar-refractivity contribution in [2.75, 3.05) is 18.0 Å². The molecule has 4 rings (SSSR count). The number of fused-ring (bicyclic) bond motifs is 1. The Bertz CT molecular complexity index is 1130. The molecular weight excluding hydrogens is 348 g/mol. The number of H-pyrrole nitrogens is 1. The molecule has 0 amide bonds. The number of aromatic nitrogens is 3. The smallest absolute Gasteiger partial charge is 0.347 e. The standard InChI is InChI=1S/C19H20N4O4/c1-10-4-3-7-23(9-10)19-21-16-15(17(25)22-19)12(5-6-20-16)14-13(24)8-11(2)27-18(14)26/h5-6,8,10,24H,3-4,7,9H2,1-2H3,(H,20,21,22,25)/t10-/m1/s1. The maximum atomic E-state index is 12.8. The van der Waals surface area contributed by atoms with Gasteiger partial charge in [-0.25, -0.2) is 9.78 Å². The molecule has 27 heavy (non-hydrogen) atoms. The minimum Gasteiger partial charge on any atom is -0.507 e. The SMILES string of the molecule is Cc1cc(O)c(-c2ccnc3nc(N4CCC[C@@H](C)C4)[nH]c(=O)c23)c(=O)o1. The summed E-state index contributed by atoms with van der Waals surface area (Å²) in [5.74, 6) is 1.04. The molecule has 8 heteroatoms. The van der Waals surface area contributed by atoms with Crippen LogP contribution in [0.2, 0.25) is 0 Å². The van der Waals surface area contributed by atoms with Crippen LogP contribution in [0.1, 0.15) is 25.5 Å². The zero-order chi connectivity index (χ0) is 19.1. The lowest BCUT2D eigenvalue weighted by Crippen LogP contribution is -2.36. The van der Waals surface area contributed by atoms with Crippen molar-refractivity contribution in [1.82, 2.24) is 15.0 Å². The molecule has 8 nitrogen and oxygen atoms in total. The summed E-state index contributed by atoms with van der Waals surface area (Å²) in [5.41, 5.74) is -0.717. The van der Waals surface area contributed by atoms with Crippen molar-refractivity contribution in [2.24, 2.45) is 5.92 Å². The van der Waals surface area contributed by atoms with E-state index < -0.39 is 11.2 Å². The van der Waals surface area contributed by atoms with Crippen molar-refractivity contribution in [2.45, 2.75) is 26.7 Å². The summed E-state index contributed by atoms with van der Waals surface area (Å²) in [5, 5.41) is 10.4. The van der Waals surface area contributed by atoms with E-state index in [1.165, 1.54) is 18.3 Å². The average Bonchev–Trinajstić information content (AvgIpc) is 2.60. The van der Waals surface area contributed by atoms with Crippen LogP contribution in [0.3, 0.4) is 0 Å². The van der Waals surface area contributed by atoms with Crippen LogP contribution in [0.25, 0.3) is 22.2 Å². The molecule has 0 bridgehead atoms. The molecule has 1 fully saturated rings. The van der Waals surface area contributed by atoms with Gasteiger partial charge in [-0.2, -0.15) is 4.98 Å². The Labute approximate surface area is 154 Å². The van der Waals surface area contributed by atoms with Crippen molar-refractivity contribution in [3.8, 4) is 16.9 Å². The van der Waals surface area contributed by atoms with Crippen molar-refractivity contribution in [1.29, 1.82) is 0 Å². The third-order valence-corrected chi connectivity index (χ3v) is 4.87. The number of nitrogens with one attached hydrogen (secondary N) is 1. The van der Waals surface area contributed by atoms with E-state index in [-0.39, 0.29) is 33.7 Å². The van der Waals surface area contributed by atoms with Crippen LogP contribution < -0.4 is 16.1 Å². The molecule has 3 aromatic rings. The van der Waals surface area contributed by atoms with Crippen LogP contribution in [0.5, 0.6) is 5.75 Å². The van der Waals surface area contributed by atoms with Gasteiger partial charge in [0, 0.05) is 30.9 Å². The molecule has 1 saturated heterocycles. The highest BCUT2D eigenvalue weighted by Crippen LogP contribution is 2.30. The number of aryl methyl sites for hydroxylation is 1. The Morgan fingerprint density at radius 2 is 2.19 bits per heavy atom. The Morgan fingerprint density at radius 3 is 2.93 bits per heavy atom. The number of anilines is 1. The molecular formula is C19H20N4O4. The highest BCUT2D eigenvalue weighted by molar-refractivity contribution is 5.93. The normalized spacial score (nSPS) is 17.4. The highest BCUT2D eigenvalue weighted by Gasteiger charge is 2.22. The van der Waals surface area contributed by atoms with Crippen LogP contribution in [-0.4, -0.2) is 33.1 Å². The first kappa shape index (κ1) is 17.3. The quantitative estimate of drug-likeness (QED) is 0.713. The number of pyridine rings is 1. The number of hydrogen-bond donors (Lipinski definition) is 2. The van der Waals surface area contributed by atoms with Crippen LogP contribution in [0.15, 0.2) is 32.3 Å². The molecule has 140 valence electrons. The van der Waals surface area contributed by atoms with E-state index in [1.54, 1.807) is 6.92 Å². The number of rotatable bonds is 2. The van der Waals surface area contributed by atoms with Crippen molar-refractivity contribution >= 4 is 17.0 Å². The molecule has 1 aliphatic heterocycles. The van der Waals surface area contributed by atoms with Crippen molar-refractivity contribution < 1.29 is 9.52 Å². The molecule has 0 radical (unpaired) electrons. The van der Waals surface area contributed by atoms with Crippen molar-refractivity contribution in [3.05, 3.63) is 44.9 Å². The fourth-order valence-corrected chi connectivity index (χ4v) is 3.64. The van der Waals surface area contributed by atoms with Crippen LogP contribution >= 0.6 is 0 Å². The van der Waals surface area contributed by atoms with Gasteiger partial charge >= 0.3 is 5.63 Å². The minimum absolute atomic E-state index is 0.0698. The monoisotopic (exact) mass is 368 g/mol. The van der Waals surface area contributed by atoms with Gasteiger partial charge in [-0.05, 0) is 31.7 Å². The first-order chi connectivity index (χ1) is 12.9. The second-order valence-electron chi connectivity index (χ2n) is 7.04. The van der Waals surface area contributed by atoms with Gasteiger partial charge in [-0.1, -0.05) is 6.92 Å². The summed E-state index contributed by atoms with van der Waals surface area (Å²) in [6, 6.07) is 2.84. The lowest BCUT2D eigenvalue weighted by molar-refractivity contribution is 0.438. The molecule has 1 atom stereocenters. The third kappa shape index (κ3) is 3.07. The van der Waals surface area contributed by atoms with Crippen molar-refractivity contribution in [3.63, 3.8) is 0 Å². The molecule has 4 heterocycles. The minimum atomic E-state index is -0.715. The van der Waals surface area contributed by atoms with Crippen LogP contribution in [-0.2, 0) is 0 Å². The molecule has 0 aromatic carbocycles. The summed E-state index contributed by atoms with van der Waals surface area (Å²) in [6.45, 7) is 5.37. The Hall–Kier alpha value is -3.16. The van der Waals surface area contributed by atoms with Gasteiger partial charge in [0.05, 0.1) is 5.39 Å². The van der Waals surface area contributed by atoms with Gasteiger partial charge in [0.25, 0.3) is 5.56 Å². The van der Waals surface area contributed by atoms with Gasteiger partial charge in [0.1, 0.15) is 17.1 Å². The van der Waals surface area contributed by atoms with E-state index in [4.69, 9.17) is 4.42 Å². The molecule has 3 aromatic heterocycles. The lowest BCUT2D eigenvalue weighted by atomic mass is 10.0. The second kappa shape index (κ2) is 6.53. The molecule has 0 aliphatic carbocycles. The number of aromatic hydroxyl groups is 1.